The number of hydrogen-bond donors (Lipinski definition) is 24. The summed E-state index contributed by atoms with van der Waals surface area (Å²) >= 11 is 0. The van der Waals surface area contributed by atoms with Crippen LogP contribution in [0.15, 0.2) is 0 Å². The van der Waals surface area contributed by atoms with E-state index in [-0.39, 0.29) is 90.9 Å². The molecule has 0 aliphatic carbocycles. The summed E-state index contributed by atoms with van der Waals surface area (Å²) in [6, 6.07) is -6.96. The Balaban J connectivity index is 0.000000630. The standard InChI is InChI=1S/C15H30BN3O4.C14H28BN3O5.C14H28BN3O4.C10H20BNO4.C9H18BNO5/c1-15(2,3)12(17)13(20)19-10-8-18-11(14(21)22)9(10)6-5-7-16(4)23;1-14(2,22)11(16)12(19)18-9-7-17-10(13(20)21)8(9)5-4-6-15(3)23;1-8(2)11(16)13(19)18-10-7-17-12(14(20)21)9(10)5-4-6-15(3)22;1-11(15)5-3-4-7-8(16-2)6-12-9(7)10(13)14;1-10(16)4-2-3-9(15)6(12)5-11-7(9)8(13)14/h9-12,18,23H,5-8,17H2,1-4H3,(H,19,20)(H,21,22);8-11,17,22-23H,4-7,16H2,1-3H3,(H,18,19)(H,20,21);8-12,17,22H,4-7,16H2,1-3H3,(H,18,19)(H,20,21);7-9,12,15H,3-6H2,1-2H3,(H,13,14);6-7,11-12,15-16H,2-5H2,1H3,(H,13,14). The normalized spacial score (nSPS) is 27.8. The number of carbonyl (C=O) groups is 8. The van der Waals surface area contributed by atoms with E-state index in [1.54, 1.807) is 41.2 Å². The van der Waals surface area contributed by atoms with E-state index in [1.165, 1.54) is 13.8 Å². The number of amides is 3. The van der Waals surface area contributed by atoms with Crippen LogP contribution >= 0.6 is 0 Å². The van der Waals surface area contributed by atoms with Gasteiger partial charge in [-0.2, -0.15) is 0 Å². The van der Waals surface area contributed by atoms with Crippen LogP contribution in [0.4, 0.5) is 0 Å². The van der Waals surface area contributed by atoms with Gasteiger partial charge in [0.25, 0.3) is 34.6 Å². The fourth-order valence-corrected chi connectivity index (χ4v) is 12.9. The average Bonchev–Trinajstić information content (AvgIpc) is 1.65. The molecule has 0 bridgehead atoms. The molecule has 5 aliphatic heterocycles. The first kappa shape index (κ1) is 93.4. The van der Waals surface area contributed by atoms with E-state index in [0.717, 1.165) is 19.3 Å². The van der Waals surface area contributed by atoms with E-state index < -0.39 is 129 Å². The van der Waals surface area contributed by atoms with Gasteiger partial charge in [-0.05, 0) is 88.9 Å². The second kappa shape index (κ2) is 44.9. The van der Waals surface area contributed by atoms with Crippen LogP contribution in [0.1, 0.15) is 113 Å². The number of carboxylic acid groups (broad SMARTS) is 5. The highest BCUT2D eigenvalue weighted by atomic mass is 16.5. The summed E-state index contributed by atoms with van der Waals surface area (Å²) < 4.78 is 5.27. The summed E-state index contributed by atoms with van der Waals surface area (Å²) in [5, 5.41) is 145. The number of carboxylic acids is 5. The molecule has 5 heterocycles. The topological polar surface area (TPSA) is 583 Å². The van der Waals surface area contributed by atoms with Crippen LogP contribution in [0.5, 0.6) is 0 Å². The molecule has 100 heavy (non-hydrogen) atoms. The quantitative estimate of drug-likeness (QED) is 0.0280. The van der Waals surface area contributed by atoms with E-state index in [0.29, 0.717) is 96.3 Å². The summed E-state index contributed by atoms with van der Waals surface area (Å²) in [5.41, 5.74) is 14.2. The molecular formula is C62H124B5N11O22. The van der Waals surface area contributed by atoms with E-state index in [2.05, 4.69) is 42.5 Å². The number of aliphatic hydroxyl groups excluding tert-OH is 1. The largest absolute Gasteiger partial charge is 0.480 e. The Hall–Kier alpha value is -4.60. The number of nitrogens with two attached hydrogens (primary N) is 3. The van der Waals surface area contributed by atoms with Gasteiger partial charge in [-0.25, -0.2) is 0 Å². The Labute approximate surface area is 591 Å². The van der Waals surface area contributed by atoms with Crippen LogP contribution < -0.4 is 59.7 Å². The molecule has 5 fully saturated rings. The third-order valence-corrected chi connectivity index (χ3v) is 19.3. The van der Waals surface area contributed by atoms with Crippen molar-refractivity contribution in [3.05, 3.63) is 0 Å². The Morgan fingerprint density at radius 1 is 0.490 bits per heavy atom. The zero-order valence-electron chi connectivity index (χ0n) is 61.1. The van der Waals surface area contributed by atoms with Crippen molar-refractivity contribution in [2.45, 2.75) is 268 Å². The van der Waals surface area contributed by atoms with Gasteiger partial charge in [0.2, 0.25) is 17.7 Å². The Morgan fingerprint density at radius 2 is 0.800 bits per heavy atom. The van der Waals surface area contributed by atoms with Crippen molar-refractivity contribution in [2.75, 3.05) is 39.8 Å². The molecule has 0 aromatic heterocycles. The molecular weight excluding hydrogens is 1300 g/mol. The maximum Gasteiger partial charge on any atom is 0.323 e. The van der Waals surface area contributed by atoms with Crippen LogP contribution in [-0.4, -0.2) is 278 Å². The van der Waals surface area contributed by atoms with Crippen molar-refractivity contribution in [3.63, 3.8) is 0 Å². The SMILES string of the molecule is CB(O)CCCC1(O)C(O)CNC1C(=O)O.CB(O)CCCC1C(NC(=O)C(N)C(C)(C)C)CNC1C(=O)O.CB(O)CCCC1C(NC(=O)C(N)C(C)(C)O)CNC1C(=O)O.CB(O)CCCC1C(NC(=O)C(N)C(C)C)CNC1C(=O)O.COC1CNC(C(=O)O)C1CCCB(C)O. The molecule has 18 unspecified atom stereocenters. The van der Waals surface area contributed by atoms with E-state index in [4.69, 9.17) is 42.2 Å². The first-order chi connectivity index (χ1) is 46.2. The van der Waals surface area contributed by atoms with Crippen LogP contribution in [0.2, 0.25) is 65.7 Å². The molecule has 27 N–H and O–H groups in total. The molecule has 33 nitrogen and oxygen atoms in total. The van der Waals surface area contributed by atoms with E-state index in [1.807, 2.05) is 34.6 Å². The maximum atomic E-state index is 12.3. The lowest BCUT2D eigenvalue weighted by atomic mass is 9.66. The molecule has 5 rings (SSSR count). The Morgan fingerprint density at radius 3 is 1.10 bits per heavy atom. The van der Waals surface area contributed by atoms with Gasteiger partial charge < -0.3 is 125 Å². The predicted molar refractivity (Wildman–Crippen MR) is 383 cm³/mol. The molecule has 574 valence electrons. The summed E-state index contributed by atoms with van der Waals surface area (Å²) in [5.74, 6) is -6.44. The smallest absolute Gasteiger partial charge is 0.323 e. The number of hydrogen-bond acceptors (Lipinski definition) is 25. The number of carbonyl (C=O) groups excluding carboxylic acids is 3. The fourth-order valence-electron chi connectivity index (χ4n) is 12.9. The van der Waals surface area contributed by atoms with Crippen molar-refractivity contribution in [3.8, 4) is 0 Å². The van der Waals surface area contributed by atoms with Crippen molar-refractivity contribution < 1.29 is 109 Å². The monoisotopic (exact) mass is 1430 g/mol. The zero-order valence-corrected chi connectivity index (χ0v) is 61.1. The highest BCUT2D eigenvalue weighted by Crippen LogP contribution is 2.31. The first-order valence-corrected chi connectivity index (χ1v) is 35.3. The molecule has 0 radical (unpaired) electrons. The molecule has 18 atom stereocenters. The van der Waals surface area contributed by atoms with Gasteiger partial charge in [-0.1, -0.05) is 101 Å². The molecule has 0 spiro atoms. The predicted octanol–water partition coefficient (Wildman–Crippen LogP) is -3.34. The van der Waals surface area contributed by atoms with Gasteiger partial charge in [0.1, 0.15) is 41.9 Å². The number of aliphatic carboxylic acids is 5. The van der Waals surface area contributed by atoms with Gasteiger partial charge in [-0.15, -0.1) is 0 Å². The van der Waals surface area contributed by atoms with Gasteiger partial charge in [-0.3, -0.25) is 43.7 Å². The number of β-amino-alcohol motifs (C(OH)–C–C–N with tert-alkyl or cyclic N) is 1. The van der Waals surface area contributed by atoms with E-state index >= 15 is 0 Å². The lowest BCUT2D eigenvalue weighted by molar-refractivity contribution is -0.149. The van der Waals surface area contributed by atoms with Gasteiger partial charge in [0.15, 0.2) is 0 Å². The van der Waals surface area contributed by atoms with Gasteiger partial charge >= 0.3 is 29.8 Å². The summed E-state index contributed by atoms with van der Waals surface area (Å²) in [4.78, 5) is 92.5. The highest BCUT2D eigenvalue weighted by molar-refractivity contribution is 6.49. The second-order valence-corrected chi connectivity index (χ2v) is 30.0. The van der Waals surface area contributed by atoms with Crippen molar-refractivity contribution in [1.82, 2.24) is 42.5 Å². The second-order valence-electron chi connectivity index (χ2n) is 30.0. The van der Waals surface area contributed by atoms with Crippen LogP contribution in [0, 0.1) is 35.0 Å². The molecule has 5 aliphatic rings. The molecule has 0 saturated carbocycles. The lowest BCUT2D eigenvalue weighted by Gasteiger charge is -2.29. The van der Waals surface area contributed by atoms with Crippen molar-refractivity contribution in [1.29, 1.82) is 0 Å². The van der Waals surface area contributed by atoms with Crippen LogP contribution in [0.25, 0.3) is 0 Å². The van der Waals surface area contributed by atoms with Gasteiger partial charge in [0.05, 0.1) is 29.9 Å². The molecule has 38 heteroatoms. The number of aliphatic hydroxyl groups is 3. The van der Waals surface area contributed by atoms with Crippen molar-refractivity contribution >= 4 is 82.1 Å². The van der Waals surface area contributed by atoms with Crippen molar-refractivity contribution in [2.24, 2.45) is 52.2 Å². The minimum Gasteiger partial charge on any atom is -0.480 e. The fraction of sp³-hybridized carbons (Fsp3) is 0.871. The molecule has 3 amide bonds. The third kappa shape index (κ3) is 32.2. The minimum absolute atomic E-state index is 0.00116. The zero-order chi connectivity index (χ0) is 76.9. The number of ether oxygens (including phenoxy) is 1. The van der Waals surface area contributed by atoms with Crippen LogP contribution in [0.3, 0.4) is 0 Å². The summed E-state index contributed by atoms with van der Waals surface area (Å²) in [6.07, 6.45) is 8.03. The lowest BCUT2D eigenvalue weighted by Crippen LogP contribution is -2.56. The molecule has 5 saturated heterocycles. The van der Waals surface area contributed by atoms with Gasteiger partial charge in [0, 0.05) is 81.6 Å². The number of nitrogens with one attached hydrogen (secondary N) is 8. The minimum atomic E-state index is -1.64. The molecule has 0 aromatic rings. The maximum absolute atomic E-state index is 12.3. The number of methoxy groups -OCH3 is 1. The first-order valence-electron chi connectivity index (χ1n) is 35.3. The molecule has 0 aromatic carbocycles. The summed E-state index contributed by atoms with van der Waals surface area (Å²) in [6.45, 7) is 20.6. The Bertz CT molecular complexity index is 2420. The highest BCUT2D eigenvalue weighted by Gasteiger charge is 2.52. The summed E-state index contributed by atoms with van der Waals surface area (Å²) in [7, 11) is 1.61. The average molecular weight is 1430 g/mol. The number of rotatable bonds is 34. The Kier molecular flexibility index (Phi) is 42.0. The third-order valence-electron chi connectivity index (χ3n) is 19.3. The van der Waals surface area contributed by atoms with Crippen LogP contribution in [-0.2, 0) is 43.1 Å². The van der Waals surface area contributed by atoms with E-state index in [9.17, 15) is 84.1 Å².